The number of aromatic amines is 1. The van der Waals surface area contributed by atoms with E-state index in [1.54, 1.807) is 6.20 Å². The third-order valence-corrected chi connectivity index (χ3v) is 1.10. The van der Waals surface area contributed by atoms with Gasteiger partial charge in [-0.1, -0.05) is 0 Å². The lowest BCUT2D eigenvalue weighted by atomic mass is 10.3. The van der Waals surface area contributed by atoms with Gasteiger partial charge in [-0.05, 0) is 12.5 Å². The number of nitrogens with zero attached hydrogens (tertiary/aromatic N) is 1. The zero-order valence-corrected chi connectivity index (χ0v) is 5.10. The number of nitrogen functional groups attached to an aromatic ring is 1. The third-order valence-electron chi connectivity index (χ3n) is 1.10. The van der Waals surface area contributed by atoms with Crippen LogP contribution in [0, 0.1) is 12.3 Å². The molecule has 0 radical (unpaired) electrons. The minimum absolute atomic E-state index is 0.0324. The fraction of sp³-hybridized carbons (Fsp3) is 0.200. The van der Waals surface area contributed by atoms with Crippen molar-refractivity contribution in [3.63, 3.8) is 0 Å². The normalized spacial score (nSPS) is 9.44. The summed E-state index contributed by atoms with van der Waals surface area (Å²) in [6, 6.07) is 0. The number of amidine groups is 1. The Morgan fingerprint density at radius 3 is 2.78 bits per heavy atom. The van der Waals surface area contributed by atoms with Crippen molar-refractivity contribution in [1.82, 2.24) is 10.2 Å². The number of rotatable bonds is 1. The first-order valence-electron chi connectivity index (χ1n) is 2.56. The first-order valence-corrected chi connectivity index (χ1v) is 2.56. The summed E-state index contributed by atoms with van der Waals surface area (Å²) in [5.74, 6) is 0.0324. The number of nitrogens with one attached hydrogen (secondary N) is 2. The topological polar surface area (TPSA) is 78.5 Å². The van der Waals surface area contributed by atoms with Crippen molar-refractivity contribution in [2.24, 2.45) is 5.73 Å². The maximum Gasteiger partial charge on any atom is 0.141 e. The molecule has 0 aromatic carbocycles. The van der Waals surface area contributed by atoms with E-state index in [0.717, 1.165) is 5.56 Å². The molecule has 0 unspecified atom stereocenters. The molecule has 0 spiro atoms. The molecule has 1 heterocycles. The fourth-order valence-electron chi connectivity index (χ4n) is 0.619. The molecule has 0 saturated carbocycles. The Balaban J connectivity index is 3.08. The van der Waals surface area contributed by atoms with Gasteiger partial charge in [0.25, 0.3) is 0 Å². The zero-order valence-electron chi connectivity index (χ0n) is 5.10. The molecule has 4 nitrogen and oxygen atoms in total. The van der Waals surface area contributed by atoms with Crippen molar-refractivity contribution in [3.8, 4) is 0 Å². The molecule has 0 amide bonds. The Morgan fingerprint density at radius 2 is 2.56 bits per heavy atom. The highest BCUT2D eigenvalue weighted by Gasteiger charge is 2.00. The molecule has 4 N–H and O–H groups in total. The SMILES string of the molecule is Cc1cn[nH]c1C(=N)N. The lowest BCUT2D eigenvalue weighted by Gasteiger charge is -1.90. The van der Waals surface area contributed by atoms with Gasteiger partial charge in [-0.25, -0.2) is 0 Å². The first-order chi connectivity index (χ1) is 4.22. The van der Waals surface area contributed by atoms with E-state index in [-0.39, 0.29) is 5.84 Å². The molecular weight excluding hydrogens is 116 g/mol. The van der Waals surface area contributed by atoms with Crippen molar-refractivity contribution in [2.45, 2.75) is 6.92 Å². The Labute approximate surface area is 52.6 Å². The number of aromatic nitrogens is 2. The first kappa shape index (κ1) is 5.81. The molecule has 0 aliphatic heterocycles. The largest absolute Gasteiger partial charge is 0.382 e. The van der Waals surface area contributed by atoms with E-state index in [1.165, 1.54) is 0 Å². The van der Waals surface area contributed by atoms with Gasteiger partial charge < -0.3 is 5.73 Å². The number of nitrogens with two attached hydrogens (primary N) is 1. The average Bonchev–Trinajstić information content (AvgIpc) is 2.13. The number of hydrogen-bond acceptors (Lipinski definition) is 2. The van der Waals surface area contributed by atoms with Crippen LogP contribution in [0.15, 0.2) is 6.20 Å². The van der Waals surface area contributed by atoms with E-state index < -0.39 is 0 Å². The second-order valence-corrected chi connectivity index (χ2v) is 1.84. The van der Waals surface area contributed by atoms with Crippen LogP contribution in [-0.4, -0.2) is 16.0 Å². The summed E-state index contributed by atoms with van der Waals surface area (Å²) < 4.78 is 0. The third kappa shape index (κ3) is 0.910. The highest BCUT2D eigenvalue weighted by atomic mass is 15.1. The van der Waals surface area contributed by atoms with Crippen LogP contribution in [0.3, 0.4) is 0 Å². The summed E-state index contributed by atoms with van der Waals surface area (Å²) in [5.41, 5.74) is 6.68. The van der Waals surface area contributed by atoms with Crippen LogP contribution in [0.1, 0.15) is 11.3 Å². The molecule has 1 aromatic heterocycles. The standard InChI is InChI=1S/C5H8N4/c1-3-2-8-9-4(3)5(6)7/h2H,1H3,(H3,6,7)(H,8,9). The molecule has 0 aliphatic rings. The lowest BCUT2D eigenvalue weighted by molar-refractivity contribution is 1.07. The van der Waals surface area contributed by atoms with Crippen molar-refractivity contribution in [3.05, 3.63) is 17.5 Å². The van der Waals surface area contributed by atoms with Crippen molar-refractivity contribution in [2.75, 3.05) is 0 Å². The maximum atomic E-state index is 7.00. The molecule has 0 aliphatic carbocycles. The van der Waals surface area contributed by atoms with Gasteiger partial charge in [0.15, 0.2) is 0 Å². The van der Waals surface area contributed by atoms with Crippen LogP contribution in [0.4, 0.5) is 0 Å². The van der Waals surface area contributed by atoms with Gasteiger partial charge in [-0.15, -0.1) is 0 Å². The van der Waals surface area contributed by atoms with Gasteiger partial charge in [0.2, 0.25) is 0 Å². The molecule has 9 heavy (non-hydrogen) atoms. The van der Waals surface area contributed by atoms with E-state index in [0.29, 0.717) is 5.69 Å². The predicted molar refractivity (Wildman–Crippen MR) is 34.3 cm³/mol. The maximum absolute atomic E-state index is 7.00. The number of H-pyrrole nitrogens is 1. The van der Waals surface area contributed by atoms with E-state index in [1.807, 2.05) is 6.92 Å². The quantitative estimate of drug-likeness (QED) is 0.364. The van der Waals surface area contributed by atoms with E-state index >= 15 is 0 Å². The molecule has 0 atom stereocenters. The highest BCUT2D eigenvalue weighted by Crippen LogP contribution is 1.98. The van der Waals surface area contributed by atoms with Crippen LogP contribution >= 0.6 is 0 Å². The lowest BCUT2D eigenvalue weighted by Crippen LogP contribution is -2.12. The number of hydrogen-bond donors (Lipinski definition) is 3. The summed E-state index contributed by atoms with van der Waals surface area (Å²) in [5, 5.41) is 13.3. The van der Waals surface area contributed by atoms with Crippen LogP contribution in [0.2, 0.25) is 0 Å². The molecule has 0 bridgehead atoms. The molecule has 1 rings (SSSR count). The molecule has 4 heteroatoms. The van der Waals surface area contributed by atoms with Crippen molar-refractivity contribution < 1.29 is 0 Å². The van der Waals surface area contributed by atoms with Gasteiger partial charge in [-0.2, -0.15) is 5.10 Å². The van der Waals surface area contributed by atoms with Gasteiger partial charge in [0.1, 0.15) is 11.5 Å². The smallest absolute Gasteiger partial charge is 0.141 e. The van der Waals surface area contributed by atoms with Crippen LogP contribution in [0.5, 0.6) is 0 Å². The second kappa shape index (κ2) is 1.89. The predicted octanol–water partition coefficient (Wildman–Crippen LogP) is 0.00219. The monoisotopic (exact) mass is 124 g/mol. The molecule has 0 saturated heterocycles. The van der Waals surface area contributed by atoms with Crippen LogP contribution in [0.25, 0.3) is 0 Å². The zero-order chi connectivity index (χ0) is 6.85. The summed E-state index contributed by atoms with van der Waals surface area (Å²) in [6.45, 7) is 1.85. The molecular formula is C5H8N4. The van der Waals surface area contributed by atoms with Crippen LogP contribution < -0.4 is 5.73 Å². The van der Waals surface area contributed by atoms with Crippen LogP contribution in [-0.2, 0) is 0 Å². The van der Waals surface area contributed by atoms with E-state index in [2.05, 4.69) is 10.2 Å². The van der Waals surface area contributed by atoms with Gasteiger partial charge in [-0.3, -0.25) is 10.5 Å². The molecule has 48 valence electrons. The van der Waals surface area contributed by atoms with Gasteiger partial charge in [0, 0.05) is 0 Å². The Kier molecular flexibility index (Phi) is 1.22. The van der Waals surface area contributed by atoms with Crippen molar-refractivity contribution in [1.29, 1.82) is 5.41 Å². The van der Waals surface area contributed by atoms with Crippen molar-refractivity contribution >= 4 is 5.84 Å². The second-order valence-electron chi connectivity index (χ2n) is 1.84. The minimum atomic E-state index is 0.0324. The summed E-state index contributed by atoms with van der Waals surface area (Å²) in [7, 11) is 0. The summed E-state index contributed by atoms with van der Waals surface area (Å²) in [6.07, 6.45) is 1.64. The average molecular weight is 124 g/mol. The van der Waals surface area contributed by atoms with E-state index in [4.69, 9.17) is 11.1 Å². The van der Waals surface area contributed by atoms with Gasteiger partial charge in [0.05, 0.1) is 6.20 Å². The van der Waals surface area contributed by atoms with Gasteiger partial charge >= 0.3 is 0 Å². The molecule has 1 aromatic rings. The Morgan fingerprint density at radius 1 is 1.89 bits per heavy atom. The summed E-state index contributed by atoms with van der Waals surface area (Å²) >= 11 is 0. The molecule has 0 fully saturated rings. The minimum Gasteiger partial charge on any atom is -0.382 e. The fourth-order valence-corrected chi connectivity index (χ4v) is 0.619. The number of aryl methyl sites for hydroxylation is 1. The Bertz CT molecular complexity index is 225. The summed E-state index contributed by atoms with van der Waals surface area (Å²) in [4.78, 5) is 0. The highest BCUT2D eigenvalue weighted by molar-refractivity contribution is 5.94. The van der Waals surface area contributed by atoms with E-state index in [9.17, 15) is 0 Å². The Hall–Kier alpha value is -1.32.